The van der Waals surface area contributed by atoms with Crippen LogP contribution in [0.15, 0.2) is 47.1 Å². The molecule has 1 aromatic heterocycles. The van der Waals surface area contributed by atoms with E-state index in [0.29, 0.717) is 24.5 Å². The molecule has 1 aliphatic rings. The molecule has 0 spiro atoms. The van der Waals surface area contributed by atoms with Gasteiger partial charge >= 0.3 is 5.97 Å². The zero-order valence-corrected chi connectivity index (χ0v) is 18.6. The second-order valence-corrected chi connectivity index (χ2v) is 8.04. The molecular weight excluding hydrogens is 428 g/mol. The molecule has 3 N–H and O–H groups in total. The minimum absolute atomic E-state index is 0.0829. The molecule has 3 amide bonds. The van der Waals surface area contributed by atoms with E-state index in [0.717, 1.165) is 0 Å². The van der Waals surface area contributed by atoms with Crippen molar-refractivity contribution in [2.45, 2.75) is 26.3 Å². The van der Waals surface area contributed by atoms with Gasteiger partial charge in [-0.15, -0.1) is 0 Å². The lowest BCUT2D eigenvalue weighted by Crippen LogP contribution is -2.58. The molecule has 1 unspecified atom stereocenters. The molecule has 1 atom stereocenters. The Labute approximate surface area is 191 Å². The van der Waals surface area contributed by atoms with E-state index in [9.17, 15) is 19.2 Å². The van der Waals surface area contributed by atoms with Gasteiger partial charge in [-0.05, 0) is 36.2 Å². The Balaban J connectivity index is 1.57. The maximum atomic E-state index is 12.8. The second-order valence-electron chi connectivity index (χ2n) is 8.04. The Bertz CT molecular complexity index is 989. The largest absolute Gasteiger partial charge is 0.465 e. The van der Waals surface area contributed by atoms with Crippen molar-refractivity contribution in [1.82, 2.24) is 10.2 Å². The Kier molecular flexibility index (Phi) is 8.06. The third-order valence-electron chi connectivity index (χ3n) is 4.90. The minimum atomic E-state index is -0.911. The molecule has 176 valence electrons. The summed E-state index contributed by atoms with van der Waals surface area (Å²) in [5.74, 6) is -1.24. The van der Waals surface area contributed by atoms with Crippen LogP contribution in [0.4, 0.5) is 11.4 Å². The molecule has 0 aliphatic carbocycles. The van der Waals surface area contributed by atoms with E-state index < -0.39 is 12.0 Å². The van der Waals surface area contributed by atoms with Gasteiger partial charge < -0.3 is 30.0 Å². The van der Waals surface area contributed by atoms with Crippen molar-refractivity contribution in [3.63, 3.8) is 0 Å². The van der Waals surface area contributed by atoms with Crippen molar-refractivity contribution < 1.29 is 28.3 Å². The molecule has 3 rings (SSSR count). The number of amides is 3. The number of furan rings is 1. The van der Waals surface area contributed by atoms with E-state index >= 15 is 0 Å². The van der Waals surface area contributed by atoms with Gasteiger partial charge in [-0.1, -0.05) is 19.9 Å². The second kappa shape index (κ2) is 11.2. The van der Waals surface area contributed by atoms with E-state index in [2.05, 4.69) is 16.0 Å². The van der Waals surface area contributed by atoms with Crippen LogP contribution in [0.2, 0.25) is 0 Å². The number of hydrogen-bond acceptors (Lipinski definition) is 7. The van der Waals surface area contributed by atoms with Crippen LogP contribution < -0.4 is 16.0 Å². The molecule has 0 radical (unpaired) electrons. The predicted octanol–water partition coefficient (Wildman–Crippen LogP) is 1.86. The Morgan fingerprint density at radius 1 is 1.21 bits per heavy atom. The molecule has 2 aromatic rings. The maximum absolute atomic E-state index is 12.8. The van der Waals surface area contributed by atoms with Crippen molar-refractivity contribution in [2.75, 3.05) is 36.9 Å². The lowest BCUT2D eigenvalue weighted by Gasteiger charge is -2.34. The van der Waals surface area contributed by atoms with Gasteiger partial charge in [0, 0.05) is 24.5 Å². The SMILES string of the molecule is CC(C)COC(=O)CC1C(=O)NCCN1C(=O)CNc1cccc(NC(=O)c2ccco2)c1. The summed E-state index contributed by atoms with van der Waals surface area (Å²) in [5.41, 5.74) is 1.13. The number of carbonyl (C=O) groups excluding carboxylic acids is 4. The van der Waals surface area contributed by atoms with E-state index in [1.54, 1.807) is 36.4 Å². The quantitative estimate of drug-likeness (QED) is 0.491. The van der Waals surface area contributed by atoms with Crippen LogP contribution in [0.1, 0.15) is 30.8 Å². The molecule has 2 heterocycles. The summed E-state index contributed by atoms with van der Waals surface area (Å²) in [4.78, 5) is 50.8. The van der Waals surface area contributed by atoms with E-state index in [1.807, 2.05) is 13.8 Å². The number of rotatable bonds is 9. The summed E-state index contributed by atoms with van der Waals surface area (Å²) >= 11 is 0. The van der Waals surface area contributed by atoms with Gasteiger partial charge in [0.25, 0.3) is 5.91 Å². The summed E-state index contributed by atoms with van der Waals surface area (Å²) in [5, 5.41) is 8.41. The smallest absolute Gasteiger partial charge is 0.308 e. The highest BCUT2D eigenvalue weighted by Gasteiger charge is 2.35. The minimum Gasteiger partial charge on any atom is -0.465 e. The van der Waals surface area contributed by atoms with Crippen LogP contribution in [-0.4, -0.2) is 60.9 Å². The summed E-state index contributed by atoms with van der Waals surface area (Å²) < 4.78 is 10.2. The van der Waals surface area contributed by atoms with Crippen molar-refractivity contribution in [1.29, 1.82) is 0 Å². The molecule has 10 heteroatoms. The van der Waals surface area contributed by atoms with Gasteiger partial charge in [-0.3, -0.25) is 19.2 Å². The van der Waals surface area contributed by atoms with Gasteiger partial charge in [0.2, 0.25) is 11.8 Å². The van der Waals surface area contributed by atoms with Crippen molar-refractivity contribution in [3.05, 3.63) is 48.4 Å². The average Bonchev–Trinajstić information content (AvgIpc) is 3.33. The normalized spacial score (nSPS) is 15.7. The van der Waals surface area contributed by atoms with Crippen molar-refractivity contribution in [2.24, 2.45) is 5.92 Å². The monoisotopic (exact) mass is 456 g/mol. The Morgan fingerprint density at radius 3 is 2.73 bits per heavy atom. The molecular formula is C23H28N4O6. The lowest BCUT2D eigenvalue weighted by molar-refractivity contribution is -0.152. The predicted molar refractivity (Wildman–Crippen MR) is 121 cm³/mol. The van der Waals surface area contributed by atoms with Crippen LogP contribution in [0.3, 0.4) is 0 Å². The highest BCUT2D eigenvalue weighted by Crippen LogP contribution is 2.17. The first-order chi connectivity index (χ1) is 15.8. The van der Waals surface area contributed by atoms with Crippen molar-refractivity contribution >= 4 is 35.1 Å². The number of piperazine rings is 1. The molecule has 1 aliphatic heterocycles. The number of nitrogens with zero attached hydrogens (tertiary/aromatic N) is 1. The lowest BCUT2D eigenvalue weighted by atomic mass is 10.1. The Hall–Kier alpha value is -3.82. The van der Waals surface area contributed by atoms with Gasteiger partial charge in [0.15, 0.2) is 5.76 Å². The summed E-state index contributed by atoms with van der Waals surface area (Å²) in [6.45, 7) is 4.62. The van der Waals surface area contributed by atoms with E-state index in [4.69, 9.17) is 9.15 Å². The van der Waals surface area contributed by atoms with E-state index in [1.165, 1.54) is 11.2 Å². The number of nitrogens with one attached hydrogen (secondary N) is 3. The Morgan fingerprint density at radius 2 is 2.00 bits per heavy atom. The fraction of sp³-hybridized carbons (Fsp3) is 0.391. The molecule has 1 aromatic carbocycles. The van der Waals surface area contributed by atoms with Crippen LogP contribution in [-0.2, 0) is 19.1 Å². The number of hydrogen-bond donors (Lipinski definition) is 3. The molecule has 1 fully saturated rings. The fourth-order valence-electron chi connectivity index (χ4n) is 3.28. The van der Waals surface area contributed by atoms with Crippen LogP contribution in [0.25, 0.3) is 0 Å². The summed E-state index contributed by atoms with van der Waals surface area (Å²) in [6.07, 6.45) is 1.22. The van der Waals surface area contributed by atoms with Crippen molar-refractivity contribution in [3.8, 4) is 0 Å². The molecule has 0 bridgehead atoms. The molecule has 1 saturated heterocycles. The standard InChI is InChI=1S/C23H28N4O6/c1-15(2)14-33-21(29)12-18-22(30)24-8-9-27(18)20(28)13-25-16-5-3-6-17(11-16)26-23(31)19-7-4-10-32-19/h3-7,10-11,15,18,25H,8-9,12-14H2,1-2H3,(H,24,30)(H,26,31). The number of carbonyl (C=O) groups is 4. The summed E-state index contributed by atoms with van der Waals surface area (Å²) in [7, 11) is 0. The maximum Gasteiger partial charge on any atom is 0.308 e. The first kappa shape index (κ1) is 23.8. The molecule has 0 saturated carbocycles. The molecule has 10 nitrogen and oxygen atoms in total. The zero-order valence-electron chi connectivity index (χ0n) is 18.6. The van der Waals surface area contributed by atoms with E-state index in [-0.39, 0.29) is 49.0 Å². The zero-order chi connectivity index (χ0) is 23.8. The van der Waals surface area contributed by atoms with Crippen LogP contribution >= 0.6 is 0 Å². The third kappa shape index (κ3) is 6.83. The highest BCUT2D eigenvalue weighted by molar-refractivity contribution is 6.02. The van der Waals surface area contributed by atoms with Gasteiger partial charge in [-0.2, -0.15) is 0 Å². The number of esters is 1. The molecule has 33 heavy (non-hydrogen) atoms. The van der Waals surface area contributed by atoms with Gasteiger partial charge in [-0.25, -0.2) is 0 Å². The first-order valence-corrected chi connectivity index (χ1v) is 10.7. The topological polar surface area (TPSA) is 130 Å². The van der Waals surface area contributed by atoms with Gasteiger partial charge in [0.05, 0.1) is 25.8 Å². The number of anilines is 2. The van der Waals surface area contributed by atoms with Crippen LogP contribution in [0.5, 0.6) is 0 Å². The first-order valence-electron chi connectivity index (χ1n) is 10.7. The van der Waals surface area contributed by atoms with Gasteiger partial charge in [0.1, 0.15) is 6.04 Å². The van der Waals surface area contributed by atoms with Crippen LogP contribution in [0, 0.1) is 5.92 Å². The number of ether oxygens (including phenoxy) is 1. The number of benzene rings is 1. The fourth-order valence-corrected chi connectivity index (χ4v) is 3.28. The third-order valence-corrected chi connectivity index (χ3v) is 4.90. The highest BCUT2D eigenvalue weighted by atomic mass is 16.5. The average molecular weight is 456 g/mol. The summed E-state index contributed by atoms with van der Waals surface area (Å²) in [6, 6.07) is 9.13.